The van der Waals surface area contributed by atoms with Gasteiger partial charge in [0.15, 0.2) is 5.69 Å². The summed E-state index contributed by atoms with van der Waals surface area (Å²) in [5.41, 5.74) is 13.3. The van der Waals surface area contributed by atoms with Crippen molar-refractivity contribution in [3.8, 4) is 5.75 Å². The second kappa shape index (κ2) is 12.2. The number of benzene rings is 2. The Morgan fingerprint density at radius 1 is 1.05 bits per heavy atom. The molecule has 4 rings (SSSR count). The Morgan fingerprint density at radius 2 is 1.67 bits per heavy atom. The van der Waals surface area contributed by atoms with Crippen molar-refractivity contribution in [1.82, 2.24) is 9.69 Å². The van der Waals surface area contributed by atoms with Crippen LogP contribution in [0.25, 0.3) is 0 Å². The van der Waals surface area contributed by atoms with Crippen LogP contribution in [0.5, 0.6) is 5.75 Å². The minimum atomic E-state index is -1.02. The molecule has 0 unspecified atom stereocenters. The number of hydrogen-bond donors (Lipinski definition) is 3. The molecule has 0 spiro atoms. The summed E-state index contributed by atoms with van der Waals surface area (Å²) in [6, 6.07) is 13.4. The van der Waals surface area contributed by atoms with Gasteiger partial charge in [-0.2, -0.15) is 4.37 Å². The van der Waals surface area contributed by atoms with E-state index in [0.29, 0.717) is 23.6 Å². The smallest absolute Gasteiger partial charge is 0.273 e. The number of carbonyl (C=O) groups is 3. The summed E-state index contributed by atoms with van der Waals surface area (Å²) in [5.74, 6) is -1.07. The average Bonchev–Trinajstić information content (AvgIpc) is 3.57. The maximum Gasteiger partial charge on any atom is 0.273 e. The molecule has 11 heteroatoms. The van der Waals surface area contributed by atoms with E-state index in [4.69, 9.17) is 16.2 Å². The molecule has 1 atom stereocenters. The Hall–Kier alpha value is -4.12. The normalized spacial score (nSPS) is 14.0. The van der Waals surface area contributed by atoms with Gasteiger partial charge in [-0.15, -0.1) is 0 Å². The lowest BCUT2D eigenvalue weighted by molar-refractivity contribution is -0.123. The predicted molar refractivity (Wildman–Crippen MR) is 153 cm³/mol. The van der Waals surface area contributed by atoms with E-state index in [1.54, 1.807) is 24.3 Å². The largest absolute Gasteiger partial charge is 0.494 e. The molecule has 0 radical (unpaired) electrons. The third-order valence-corrected chi connectivity index (χ3v) is 7.58. The first-order chi connectivity index (χ1) is 18.7. The fraction of sp³-hybridized carbons (Fsp3) is 0.357. The van der Waals surface area contributed by atoms with Crippen molar-refractivity contribution < 1.29 is 19.1 Å². The third-order valence-electron chi connectivity index (χ3n) is 6.73. The summed E-state index contributed by atoms with van der Waals surface area (Å²) in [6.45, 7) is 2.37. The van der Waals surface area contributed by atoms with Crippen LogP contribution in [-0.4, -0.2) is 48.8 Å². The van der Waals surface area contributed by atoms with Crippen molar-refractivity contribution in [2.24, 2.45) is 5.73 Å². The Labute approximate surface area is 232 Å². The zero-order valence-corrected chi connectivity index (χ0v) is 23.2. The summed E-state index contributed by atoms with van der Waals surface area (Å²) in [4.78, 5) is 43.4. The van der Waals surface area contributed by atoms with Gasteiger partial charge in [-0.25, -0.2) is 0 Å². The number of nitrogens with two attached hydrogens (primary N) is 2. The van der Waals surface area contributed by atoms with E-state index >= 15 is 0 Å². The first kappa shape index (κ1) is 27.9. The van der Waals surface area contributed by atoms with Crippen molar-refractivity contribution in [1.29, 1.82) is 0 Å². The third kappa shape index (κ3) is 6.14. The zero-order chi connectivity index (χ0) is 28.1. The van der Waals surface area contributed by atoms with Crippen LogP contribution >= 0.6 is 11.5 Å². The molecule has 3 aromatic rings. The SMILES string of the molecule is CCOc1ccc(N(C(=O)c2snc(C(N)=O)c2N)[C@@H](C(=O)NC2CCCC2)c2ccc(N(C)C)cc2)cc1. The van der Waals surface area contributed by atoms with Crippen molar-refractivity contribution >= 4 is 46.3 Å². The average molecular weight is 551 g/mol. The monoisotopic (exact) mass is 550 g/mol. The van der Waals surface area contributed by atoms with Crippen LogP contribution in [0.4, 0.5) is 17.1 Å². The number of amides is 3. The Kier molecular flexibility index (Phi) is 8.70. The fourth-order valence-electron chi connectivity index (χ4n) is 4.71. The summed E-state index contributed by atoms with van der Waals surface area (Å²) in [7, 11) is 3.86. The molecule has 1 saturated carbocycles. The van der Waals surface area contributed by atoms with Crippen molar-refractivity contribution in [2.75, 3.05) is 36.2 Å². The maximum atomic E-state index is 14.2. The fourth-order valence-corrected chi connectivity index (χ4v) is 5.46. The van der Waals surface area contributed by atoms with Gasteiger partial charge in [-0.1, -0.05) is 25.0 Å². The highest BCUT2D eigenvalue weighted by atomic mass is 32.1. The van der Waals surface area contributed by atoms with E-state index in [2.05, 4.69) is 9.69 Å². The minimum Gasteiger partial charge on any atom is -0.494 e. The molecule has 2 aromatic carbocycles. The highest BCUT2D eigenvalue weighted by molar-refractivity contribution is 7.09. The van der Waals surface area contributed by atoms with Crippen molar-refractivity contribution in [3.63, 3.8) is 0 Å². The van der Waals surface area contributed by atoms with Gasteiger partial charge in [0, 0.05) is 31.5 Å². The van der Waals surface area contributed by atoms with Crippen LogP contribution in [0, 0.1) is 0 Å². The molecule has 1 aliphatic rings. The van der Waals surface area contributed by atoms with Gasteiger partial charge in [0.2, 0.25) is 5.91 Å². The molecule has 3 amide bonds. The van der Waals surface area contributed by atoms with Crippen molar-refractivity contribution in [2.45, 2.75) is 44.7 Å². The van der Waals surface area contributed by atoms with E-state index in [1.807, 2.05) is 50.2 Å². The molecule has 0 bridgehead atoms. The summed E-state index contributed by atoms with van der Waals surface area (Å²) in [6.07, 6.45) is 3.86. The van der Waals surface area contributed by atoms with Crippen LogP contribution in [0.3, 0.4) is 0 Å². The maximum absolute atomic E-state index is 14.2. The number of nitrogens with zero attached hydrogens (tertiary/aromatic N) is 3. The molecule has 0 aliphatic heterocycles. The number of aromatic nitrogens is 1. The van der Waals surface area contributed by atoms with Crippen LogP contribution in [-0.2, 0) is 4.79 Å². The molecule has 1 heterocycles. The van der Waals surface area contributed by atoms with Gasteiger partial charge < -0.3 is 26.4 Å². The molecule has 5 N–H and O–H groups in total. The number of nitrogen functional groups attached to an aromatic ring is 1. The van der Waals surface area contributed by atoms with Crippen LogP contribution in [0.1, 0.15) is 64.4 Å². The van der Waals surface area contributed by atoms with Gasteiger partial charge in [-0.3, -0.25) is 19.3 Å². The molecule has 206 valence electrons. The van der Waals surface area contributed by atoms with Gasteiger partial charge in [0.25, 0.3) is 11.8 Å². The highest BCUT2D eigenvalue weighted by Crippen LogP contribution is 2.35. The van der Waals surface area contributed by atoms with Crippen molar-refractivity contribution in [3.05, 3.63) is 64.7 Å². The van der Waals surface area contributed by atoms with Crippen LogP contribution < -0.4 is 31.3 Å². The summed E-state index contributed by atoms with van der Waals surface area (Å²) >= 11 is 0.780. The minimum absolute atomic E-state index is 0.0289. The number of rotatable bonds is 10. The second-order valence-electron chi connectivity index (χ2n) is 9.62. The van der Waals surface area contributed by atoms with E-state index in [0.717, 1.165) is 42.9 Å². The number of hydrogen-bond acceptors (Lipinski definition) is 8. The molecular formula is C28H34N6O4S. The molecule has 1 fully saturated rings. The molecule has 1 aliphatic carbocycles. The zero-order valence-electron chi connectivity index (χ0n) is 22.3. The topological polar surface area (TPSA) is 144 Å². The van der Waals surface area contributed by atoms with Crippen LogP contribution in [0.15, 0.2) is 48.5 Å². The number of carbonyl (C=O) groups excluding carboxylic acids is 3. The lowest BCUT2D eigenvalue weighted by atomic mass is 10.0. The van der Waals surface area contributed by atoms with E-state index in [-0.39, 0.29) is 28.2 Å². The Bertz CT molecular complexity index is 1320. The van der Waals surface area contributed by atoms with Gasteiger partial charge in [0.1, 0.15) is 16.7 Å². The molecule has 1 aromatic heterocycles. The number of nitrogens with one attached hydrogen (secondary N) is 1. The number of ether oxygens (including phenoxy) is 1. The Morgan fingerprint density at radius 3 is 2.21 bits per heavy atom. The lowest BCUT2D eigenvalue weighted by Crippen LogP contribution is -2.46. The standard InChI is InChI=1S/C28H34N6O4S/c1-4-38-21-15-13-20(14-16-21)34(28(37)25-22(29)23(26(30)35)32-39-25)24(27(36)31-18-7-5-6-8-18)17-9-11-19(12-10-17)33(2)3/h9-16,18,24H,4-8,29H2,1-3H3,(H2,30,35)(H,31,36)/t24-/m1/s1. The molecule has 39 heavy (non-hydrogen) atoms. The first-order valence-corrected chi connectivity index (χ1v) is 13.7. The second-order valence-corrected chi connectivity index (χ2v) is 10.4. The summed E-state index contributed by atoms with van der Waals surface area (Å²) in [5, 5.41) is 3.16. The quantitative estimate of drug-likeness (QED) is 0.349. The molecular weight excluding hydrogens is 516 g/mol. The van der Waals surface area contributed by atoms with Gasteiger partial charge in [0.05, 0.1) is 12.3 Å². The Balaban J connectivity index is 1.84. The first-order valence-electron chi connectivity index (χ1n) is 12.9. The van der Waals surface area contributed by atoms with Gasteiger partial charge >= 0.3 is 0 Å². The molecule has 0 saturated heterocycles. The molecule has 10 nitrogen and oxygen atoms in total. The van der Waals surface area contributed by atoms with E-state index in [9.17, 15) is 14.4 Å². The van der Waals surface area contributed by atoms with E-state index in [1.165, 1.54) is 4.90 Å². The number of anilines is 3. The number of primary amides is 1. The highest BCUT2D eigenvalue weighted by Gasteiger charge is 2.37. The van der Waals surface area contributed by atoms with Gasteiger partial charge in [-0.05, 0) is 73.3 Å². The predicted octanol–water partition coefficient (Wildman–Crippen LogP) is 3.74. The van der Waals surface area contributed by atoms with Crippen LogP contribution in [0.2, 0.25) is 0 Å². The van der Waals surface area contributed by atoms with E-state index < -0.39 is 17.9 Å². The summed E-state index contributed by atoms with van der Waals surface area (Å²) < 4.78 is 9.60. The lowest BCUT2D eigenvalue weighted by Gasteiger charge is -2.32.